The zero-order valence-corrected chi connectivity index (χ0v) is 17.0. The zero-order valence-electron chi connectivity index (χ0n) is 17.0. The number of imidazole rings is 1. The van der Waals surface area contributed by atoms with Crippen LogP contribution >= 0.6 is 0 Å². The summed E-state index contributed by atoms with van der Waals surface area (Å²) in [6, 6.07) is 7.26. The van der Waals surface area contributed by atoms with Crippen LogP contribution in [0.1, 0.15) is 63.0 Å². The Kier molecular flexibility index (Phi) is 5.06. The van der Waals surface area contributed by atoms with E-state index in [4.69, 9.17) is 4.74 Å². The molecule has 0 spiro atoms. The molecule has 0 bridgehead atoms. The number of rotatable bonds is 5. The summed E-state index contributed by atoms with van der Waals surface area (Å²) in [5.41, 5.74) is 3.28. The summed E-state index contributed by atoms with van der Waals surface area (Å²) in [4.78, 5) is 18.3. The van der Waals surface area contributed by atoms with Crippen LogP contribution in [0, 0.1) is 12.8 Å². The van der Waals surface area contributed by atoms with Crippen LogP contribution in [0.25, 0.3) is 11.0 Å². The number of hydrogen-bond donors (Lipinski definition) is 1. The van der Waals surface area contributed by atoms with E-state index in [2.05, 4.69) is 28.9 Å². The van der Waals surface area contributed by atoms with E-state index < -0.39 is 0 Å². The molecule has 152 valence electrons. The Morgan fingerprint density at radius 2 is 1.75 bits per heavy atom. The summed E-state index contributed by atoms with van der Waals surface area (Å²) < 4.78 is 8.13. The number of aromatic nitrogens is 2. The van der Waals surface area contributed by atoms with Crippen LogP contribution in [0.15, 0.2) is 23.0 Å². The van der Waals surface area contributed by atoms with Crippen LogP contribution in [0.5, 0.6) is 0 Å². The first-order chi connectivity index (χ1) is 13.7. The molecule has 2 aromatic rings. The van der Waals surface area contributed by atoms with Crippen LogP contribution < -0.4 is 5.69 Å². The number of piperidine rings is 1. The Labute approximate surface area is 167 Å². The minimum absolute atomic E-state index is 0.0485. The molecule has 0 atom stereocenters. The van der Waals surface area contributed by atoms with E-state index in [-0.39, 0.29) is 5.69 Å². The van der Waals surface area contributed by atoms with E-state index in [9.17, 15) is 4.79 Å². The van der Waals surface area contributed by atoms with E-state index in [0.29, 0.717) is 18.2 Å². The van der Waals surface area contributed by atoms with Crippen molar-refractivity contribution in [2.45, 2.75) is 76.5 Å². The molecule has 1 saturated heterocycles. The maximum Gasteiger partial charge on any atom is 0.326 e. The van der Waals surface area contributed by atoms with Gasteiger partial charge in [0, 0.05) is 31.8 Å². The van der Waals surface area contributed by atoms with Crippen LogP contribution in [0.4, 0.5) is 0 Å². The quantitative estimate of drug-likeness (QED) is 0.849. The third-order valence-electron chi connectivity index (χ3n) is 7.16. The average molecular weight is 384 g/mol. The minimum atomic E-state index is 0.0485. The largest absolute Gasteiger partial charge is 0.378 e. The molecule has 5 heteroatoms. The van der Waals surface area contributed by atoms with Gasteiger partial charge in [-0.05, 0) is 81.9 Å². The van der Waals surface area contributed by atoms with Gasteiger partial charge in [0.15, 0.2) is 0 Å². The third-order valence-corrected chi connectivity index (χ3v) is 7.16. The summed E-state index contributed by atoms with van der Waals surface area (Å²) >= 11 is 0. The molecule has 28 heavy (non-hydrogen) atoms. The number of ether oxygens (including phenoxy) is 1. The Balaban J connectivity index is 1.17. The molecule has 2 aliphatic carbocycles. The van der Waals surface area contributed by atoms with Gasteiger partial charge in [-0.25, -0.2) is 4.79 Å². The second-order valence-corrected chi connectivity index (χ2v) is 9.30. The molecule has 5 nitrogen and oxygen atoms in total. The number of nitrogens with zero attached hydrogens (tertiary/aromatic N) is 2. The second kappa shape index (κ2) is 7.68. The van der Waals surface area contributed by atoms with Gasteiger partial charge in [-0.2, -0.15) is 0 Å². The Bertz CT molecular complexity index is 866. The number of nitrogens with one attached hydrogen (secondary N) is 1. The number of aromatic amines is 1. The molecule has 1 N–H and O–H groups in total. The van der Waals surface area contributed by atoms with Crippen molar-refractivity contribution < 1.29 is 4.74 Å². The van der Waals surface area contributed by atoms with Crippen molar-refractivity contribution in [3.05, 3.63) is 34.2 Å². The predicted octanol–water partition coefficient (Wildman–Crippen LogP) is 4.01. The normalized spacial score (nSPS) is 27.5. The van der Waals surface area contributed by atoms with Crippen LogP contribution in [-0.2, 0) is 4.74 Å². The van der Waals surface area contributed by atoms with Crippen molar-refractivity contribution in [1.82, 2.24) is 14.5 Å². The summed E-state index contributed by atoms with van der Waals surface area (Å²) in [5, 5.41) is 0. The summed E-state index contributed by atoms with van der Waals surface area (Å²) in [5.74, 6) is 0.869. The second-order valence-electron chi connectivity index (χ2n) is 9.30. The van der Waals surface area contributed by atoms with Gasteiger partial charge in [0.1, 0.15) is 0 Å². The molecular weight excluding hydrogens is 350 g/mol. The minimum Gasteiger partial charge on any atom is -0.378 e. The standard InChI is InChI=1S/C23H33N3O2/c1-16-2-9-21-22(14-16)26(23(27)24-21)19-10-12-25(13-11-19)18-5-7-20(8-6-18)28-15-17-3-4-17/h2,9,14,17-20H,3-8,10-13,15H2,1H3,(H,24,27)/t18-,20-. The smallest absolute Gasteiger partial charge is 0.326 e. The van der Waals surface area contributed by atoms with Gasteiger partial charge >= 0.3 is 5.69 Å². The first-order valence-electron chi connectivity index (χ1n) is 11.2. The fourth-order valence-electron chi connectivity index (χ4n) is 5.24. The molecule has 0 unspecified atom stereocenters. The van der Waals surface area contributed by atoms with Crippen molar-refractivity contribution in [1.29, 1.82) is 0 Å². The van der Waals surface area contributed by atoms with Crippen molar-refractivity contribution in [3.8, 4) is 0 Å². The maximum absolute atomic E-state index is 12.6. The van der Waals surface area contributed by atoms with E-state index in [0.717, 1.165) is 49.5 Å². The van der Waals surface area contributed by atoms with Gasteiger partial charge in [-0.15, -0.1) is 0 Å². The number of aryl methyl sites for hydroxylation is 1. The van der Waals surface area contributed by atoms with Crippen LogP contribution in [0.3, 0.4) is 0 Å². The lowest BCUT2D eigenvalue weighted by Crippen LogP contribution is -2.45. The van der Waals surface area contributed by atoms with Gasteiger partial charge in [0.05, 0.1) is 17.1 Å². The Morgan fingerprint density at radius 1 is 1.00 bits per heavy atom. The van der Waals surface area contributed by atoms with E-state index >= 15 is 0 Å². The van der Waals surface area contributed by atoms with Crippen molar-refractivity contribution >= 4 is 11.0 Å². The number of fused-ring (bicyclic) bond motifs is 1. The molecule has 0 amide bonds. The molecule has 2 saturated carbocycles. The number of H-pyrrole nitrogens is 1. The fourth-order valence-corrected chi connectivity index (χ4v) is 5.24. The molecular formula is C23H33N3O2. The Morgan fingerprint density at radius 3 is 2.46 bits per heavy atom. The highest BCUT2D eigenvalue weighted by Gasteiger charge is 2.31. The lowest BCUT2D eigenvalue weighted by Gasteiger charge is -2.41. The van der Waals surface area contributed by atoms with Gasteiger partial charge in [0.2, 0.25) is 0 Å². The molecule has 1 aromatic heterocycles. The molecule has 3 fully saturated rings. The number of benzene rings is 1. The van der Waals surface area contributed by atoms with E-state index in [1.807, 2.05) is 10.6 Å². The highest BCUT2D eigenvalue weighted by Crippen LogP contribution is 2.33. The van der Waals surface area contributed by atoms with Gasteiger partial charge in [-0.3, -0.25) is 4.57 Å². The summed E-state index contributed by atoms with van der Waals surface area (Å²) in [7, 11) is 0. The SMILES string of the molecule is Cc1ccc2[nH]c(=O)n(C3CCN([C@H]4CC[C@H](OCC5CC5)CC4)CC3)c2c1. The highest BCUT2D eigenvalue weighted by molar-refractivity contribution is 5.76. The molecule has 1 aromatic carbocycles. The fraction of sp³-hybridized carbons (Fsp3) is 0.696. The first-order valence-corrected chi connectivity index (χ1v) is 11.2. The highest BCUT2D eigenvalue weighted by atomic mass is 16.5. The molecule has 5 rings (SSSR count). The number of likely N-dealkylation sites (tertiary alicyclic amines) is 1. The lowest BCUT2D eigenvalue weighted by molar-refractivity contribution is -0.00218. The predicted molar refractivity (Wildman–Crippen MR) is 112 cm³/mol. The van der Waals surface area contributed by atoms with Crippen molar-refractivity contribution in [2.24, 2.45) is 5.92 Å². The third kappa shape index (κ3) is 3.79. The first kappa shape index (κ1) is 18.4. The van der Waals surface area contributed by atoms with Crippen LogP contribution in [-0.4, -0.2) is 46.3 Å². The van der Waals surface area contributed by atoms with Gasteiger partial charge < -0.3 is 14.6 Å². The average Bonchev–Trinajstić information content (AvgIpc) is 3.49. The Hall–Kier alpha value is -1.59. The number of hydrogen-bond acceptors (Lipinski definition) is 3. The summed E-state index contributed by atoms with van der Waals surface area (Å²) in [6.07, 6.45) is 10.4. The topological polar surface area (TPSA) is 50.3 Å². The van der Waals surface area contributed by atoms with Gasteiger partial charge in [0.25, 0.3) is 0 Å². The molecule has 2 heterocycles. The van der Waals surface area contributed by atoms with Crippen LogP contribution in [0.2, 0.25) is 0 Å². The monoisotopic (exact) mass is 383 g/mol. The lowest BCUT2D eigenvalue weighted by atomic mass is 9.90. The van der Waals surface area contributed by atoms with Crippen molar-refractivity contribution in [3.63, 3.8) is 0 Å². The maximum atomic E-state index is 12.6. The van der Waals surface area contributed by atoms with Crippen molar-refractivity contribution in [2.75, 3.05) is 19.7 Å². The zero-order chi connectivity index (χ0) is 19.1. The van der Waals surface area contributed by atoms with E-state index in [1.54, 1.807) is 0 Å². The molecule has 0 radical (unpaired) electrons. The van der Waals surface area contributed by atoms with E-state index in [1.165, 1.54) is 44.1 Å². The molecule has 3 aliphatic rings. The summed E-state index contributed by atoms with van der Waals surface area (Å²) in [6.45, 7) is 5.30. The molecule has 1 aliphatic heterocycles. The van der Waals surface area contributed by atoms with Gasteiger partial charge in [-0.1, -0.05) is 6.07 Å².